The summed E-state index contributed by atoms with van der Waals surface area (Å²) in [6.45, 7) is 11.8. The van der Waals surface area contributed by atoms with Gasteiger partial charge in [-0.25, -0.2) is 0 Å². The van der Waals surface area contributed by atoms with Crippen LogP contribution in [0, 0.1) is 5.92 Å². The van der Waals surface area contributed by atoms with E-state index in [1.807, 2.05) is 16.7 Å². The van der Waals surface area contributed by atoms with Crippen LogP contribution in [0.4, 0.5) is 0 Å². The van der Waals surface area contributed by atoms with Gasteiger partial charge in [-0.3, -0.25) is 9.69 Å². The molecule has 122 valence electrons. The zero-order chi connectivity index (χ0) is 15.2. The molecule has 0 bridgehead atoms. The number of rotatable bonds is 5. The first-order chi connectivity index (χ1) is 10.1. The fourth-order valence-electron chi connectivity index (χ4n) is 3.72. The van der Waals surface area contributed by atoms with Crippen molar-refractivity contribution in [3.63, 3.8) is 0 Å². The summed E-state index contributed by atoms with van der Waals surface area (Å²) in [5.41, 5.74) is 0. The fraction of sp³-hybridized carbons (Fsp3) is 0.938. The molecule has 0 aromatic heterocycles. The van der Waals surface area contributed by atoms with E-state index in [4.69, 9.17) is 0 Å². The summed E-state index contributed by atoms with van der Waals surface area (Å²) in [7, 11) is 0. The van der Waals surface area contributed by atoms with E-state index in [-0.39, 0.29) is 5.91 Å². The molecular weight excluding hydrogens is 282 g/mol. The summed E-state index contributed by atoms with van der Waals surface area (Å²) in [4.78, 5) is 18.8. The van der Waals surface area contributed by atoms with Gasteiger partial charge < -0.3 is 9.80 Å². The molecule has 2 rings (SSSR count). The van der Waals surface area contributed by atoms with Gasteiger partial charge in [0.15, 0.2) is 0 Å². The molecule has 0 unspecified atom stereocenters. The number of hydrogen-bond acceptors (Lipinski definition) is 4. The molecular formula is C16H31N3OS. The van der Waals surface area contributed by atoms with Gasteiger partial charge in [0.25, 0.3) is 0 Å². The topological polar surface area (TPSA) is 26.8 Å². The average molecular weight is 314 g/mol. The van der Waals surface area contributed by atoms with E-state index in [1.54, 1.807) is 6.92 Å². The highest BCUT2D eigenvalue weighted by molar-refractivity contribution is 7.98. The van der Waals surface area contributed by atoms with Gasteiger partial charge in [0, 0.05) is 52.2 Å². The first-order valence-corrected chi connectivity index (χ1v) is 9.72. The Bertz CT molecular complexity index is 339. The molecule has 21 heavy (non-hydrogen) atoms. The lowest BCUT2D eigenvalue weighted by atomic mass is 10.0. The number of likely N-dealkylation sites (tertiary alicyclic amines) is 1. The normalized spacial score (nSPS) is 28.8. The monoisotopic (exact) mass is 313 g/mol. The summed E-state index contributed by atoms with van der Waals surface area (Å²) in [6.07, 6.45) is 4.61. The Balaban J connectivity index is 1.82. The summed E-state index contributed by atoms with van der Waals surface area (Å²) < 4.78 is 0. The van der Waals surface area contributed by atoms with Crippen LogP contribution in [0.2, 0.25) is 0 Å². The van der Waals surface area contributed by atoms with Crippen molar-refractivity contribution >= 4 is 17.7 Å². The number of nitrogens with zero attached hydrogens (tertiary/aromatic N) is 3. The number of thioether (sulfide) groups is 1. The standard InChI is InChI=1S/C16H31N3OS/c1-14-12-17(6-5-11-21-3)13-16(14)19-8-4-7-18(9-10-19)15(2)20/h14,16H,4-13H2,1-3H3/t14-,16+/m1/s1. The highest BCUT2D eigenvalue weighted by Gasteiger charge is 2.34. The van der Waals surface area contributed by atoms with Crippen molar-refractivity contribution in [2.45, 2.75) is 32.7 Å². The molecule has 2 atom stereocenters. The maximum atomic E-state index is 11.5. The lowest BCUT2D eigenvalue weighted by molar-refractivity contribution is -0.128. The Kier molecular flexibility index (Phi) is 6.83. The van der Waals surface area contributed by atoms with Crippen molar-refractivity contribution in [2.24, 2.45) is 5.92 Å². The van der Waals surface area contributed by atoms with E-state index >= 15 is 0 Å². The third-order valence-corrected chi connectivity index (χ3v) is 5.61. The second kappa shape index (κ2) is 8.39. The fourth-order valence-corrected chi connectivity index (χ4v) is 4.14. The lowest BCUT2D eigenvalue weighted by Crippen LogP contribution is -2.43. The zero-order valence-electron chi connectivity index (χ0n) is 13.9. The van der Waals surface area contributed by atoms with Gasteiger partial charge in [-0.05, 0) is 37.3 Å². The Morgan fingerprint density at radius 1 is 1.19 bits per heavy atom. The van der Waals surface area contributed by atoms with Crippen LogP contribution in [-0.4, -0.2) is 84.5 Å². The summed E-state index contributed by atoms with van der Waals surface area (Å²) in [5.74, 6) is 2.26. The van der Waals surface area contributed by atoms with Crippen molar-refractivity contribution in [2.75, 3.05) is 57.8 Å². The minimum absolute atomic E-state index is 0.231. The molecule has 4 nitrogen and oxygen atoms in total. The van der Waals surface area contributed by atoms with E-state index < -0.39 is 0 Å². The van der Waals surface area contributed by atoms with Crippen LogP contribution in [-0.2, 0) is 4.79 Å². The molecule has 0 radical (unpaired) electrons. The van der Waals surface area contributed by atoms with Gasteiger partial charge in [0.05, 0.1) is 0 Å². The molecule has 2 saturated heterocycles. The van der Waals surface area contributed by atoms with Gasteiger partial charge >= 0.3 is 0 Å². The van der Waals surface area contributed by atoms with Crippen LogP contribution in [0.5, 0.6) is 0 Å². The molecule has 0 spiro atoms. The molecule has 0 aliphatic carbocycles. The van der Waals surface area contributed by atoms with E-state index in [9.17, 15) is 4.79 Å². The summed E-state index contributed by atoms with van der Waals surface area (Å²) >= 11 is 1.95. The third kappa shape index (κ3) is 4.86. The molecule has 2 heterocycles. The Morgan fingerprint density at radius 2 is 2.00 bits per heavy atom. The minimum Gasteiger partial charge on any atom is -0.342 e. The highest BCUT2D eigenvalue weighted by Crippen LogP contribution is 2.23. The average Bonchev–Trinajstić information content (AvgIpc) is 2.67. The quantitative estimate of drug-likeness (QED) is 0.721. The predicted octanol–water partition coefficient (Wildman–Crippen LogP) is 1.61. The summed E-state index contributed by atoms with van der Waals surface area (Å²) in [5, 5.41) is 0. The van der Waals surface area contributed by atoms with Gasteiger partial charge in [-0.1, -0.05) is 6.92 Å². The van der Waals surface area contributed by atoms with E-state index in [1.165, 1.54) is 31.8 Å². The maximum Gasteiger partial charge on any atom is 0.219 e. The van der Waals surface area contributed by atoms with Crippen LogP contribution in [0.25, 0.3) is 0 Å². The zero-order valence-corrected chi connectivity index (χ0v) is 14.7. The number of amides is 1. The van der Waals surface area contributed by atoms with Crippen LogP contribution >= 0.6 is 11.8 Å². The first-order valence-electron chi connectivity index (χ1n) is 8.32. The molecule has 2 fully saturated rings. The van der Waals surface area contributed by atoms with Gasteiger partial charge in [0.2, 0.25) is 5.91 Å². The minimum atomic E-state index is 0.231. The van der Waals surface area contributed by atoms with E-state index in [2.05, 4.69) is 23.0 Å². The molecule has 0 aromatic rings. The van der Waals surface area contributed by atoms with Crippen molar-refractivity contribution < 1.29 is 4.79 Å². The van der Waals surface area contributed by atoms with E-state index in [0.29, 0.717) is 6.04 Å². The van der Waals surface area contributed by atoms with Gasteiger partial charge in [-0.15, -0.1) is 0 Å². The van der Waals surface area contributed by atoms with Crippen LogP contribution in [0.1, 0.15) is 26.7 Å². The van der Waals surface area contributed by atoms with Crippen LogP contribution < -0.4 is 0 Å². The number of hydrogen-bond donors (Lipinski definition) is 0. The van der Waals surface area contributed by atoms with Gasteiger partial charge in [0.1, 0.15) is 0 Å². The Labute approximate surface area is 134 Å². The van der Waals surface area contributed by atoms with Crippen molar-refractivity contribution in [1.29, 1.82) is 0 Å². The van der Waals surface area contributed by atoms with Gasteiger partial charge in [-0.2, -0.15) is 11.8 Å². The molecule has 0 N–H and O–H groups in total. The van der Waals surface area contributed by atoms with E-state index in [0.717, 1.165) is 38.5 Å². The largest absolute Gasteiger partial charge is 0.342 e. The third-order valence-electron chi connectivity index (χ3n) is 4.92. The molecule has 2 aliphatic heterocycles. The smallest absolute Gasteiger partial charge is 0.219 e. The number of carbonyl (C=O) groups excluding carboxylic acids is 1. The van der Waals surface area contributed by atoms with Crippen LogP contribution in [0.3, 0.4) is 0 Å². The Morgan fingerprint density at radius 3 is 2.71 bits per heavy atom. The van der Waals surface area contributed by atoms with Crippen molar-refractivity contribution in [3.8, 4) is 0 Å². The molecule has 0 aromatic carbocycles. The Hall–Kier alpha value is -0.260. The van der Waals surface area contributed by atoms with Crippen molar-refractivity contribution in [1.82, 2.24) is 14.7 Å². The summed E-state index contributed by atoms with van der Waals surface area (Å²) in [6, 6.07) is 0.686. The van der Waals surface area contributed by atoms with Crippen LogP contribution in [0.15, 0.2) is 0 Å². The number of carbonyl (C=O) groups is 1. The molecule has 1 amide bonds. The van der Waals surface area contributed by atoms with Crippen molar-refractivity contribution in [3.05, 3.63) is 0 Å². The molecule has 0 saturated carbocycles. The second-order valence-electron chi connectivity index (χ2n) is 6.55. The molecule has 2 aliphatic rings. The lowest BCUT2D eigenvalue weighted by Gasteiger charge is -2.30. The second-order valence-corrected chi connectivity index (χ2v) is 7.53. The first kappa shape index (κ1) is 17.1. The molecule has 5 heteroatoms. The predicted molar refractivity (Wildman–Crippen MR) is 90.8 cm³/mol. The maximum absolute atomic E-state index is 11.5. The highest BCUT2D eigenvalue weighted by atomic mass is 32.2. The SMILES string of the molecule is CSCCCN1C[C@@H](C)[C@@H](N2CCCN(C(C)=O)CC2)C1.